The molecule has 2 unspecified atom stereocenters. The highest BCUT2D eigenvalue weighted by Gasteiger charge is 2.18. The summed E-state index contributed by atoms with van der Waals surface area (Å²) in [6, 6.07) is -0.631. The molecule has 0 spiro atoms. The first-order chi connectivity index (χ1) is 33.5. The van der Waals surface area contributed by atoms with E-state index in [2.05, 4.69) is 31.3 Å². The lowest BCUT2D eigenvalue weighted by Gasteiger charge is -2.20. The molecule has 2 atom stereocenters. The third-order valence-electron chi connectivity index (χ3n) is 14.2. The van der Waals surface area contributed by atoms with E-state index in [1.807, 2.05) is 6.08 Å². The zero-order valence-electron chi connectivity index (χ0n) is 45.9. The summed E-state index contributed by atoms with van der Waals surface area (Å²) in [5.74, 6) is -0.0704. The molecule has 0 radical (unpaired) electrons. The summed E-state index contributed by atoms with van der Waals surface area (Å²) < 4.78 is 5.46. The first kappa shape index (κ1) is 66.3. The summed E-state index contributed by atoms with van der Waals surface area (Å²) in [6.07, 6.45) is 70.7. The average Bonchev–Trinajstić information content (AvgIpc) is 3.34. The second-order valence-electron chi connectivity index (χ2n) is 21.0. The van der Waals surface area contributed by atoms with Crippen molar-refractivity contribution >= 4 is 11.9 Å². The Balaban J connectivity index is 3.44. The maximum Gasteiger partial charge on any atom is 0.305 e. The fourth-order valence-electron chi connectivity index (χ4n) is 9.50. The Morgan fingerprint density at radius 3 is 1.09 bits per heavy atom. The third kappa shape index (κ3) is 53.7. The van der Waals surface area contributed by atoms with Gasteiger partial charge < -0.3 is 20.3 Å². The van der Waals surface area contributed by atoms with Gasteiger partial charge in [-0.05, 0) is 51.4 Å². The summed E-state index contributed by atoms with van der Waals surface area (Å²) >= 11 is 0. The van der Waals surface area contributed by atoms with Gasteiger partial charge in [-0.2, -0.15) is 0 Å². The molecule has 0 aliphatic carbocycles. The Kier molecular flexibility index (Phi) is 56.5. The smallest absolute Gasteiger partial charge is 0.305 e. The molecule has 3 N–H and O–H groups in total. The Labute approximate surface area is 424 Å². The lowest BCUT2D eigenvalue weighted by Crippen LogP contribution is -2.45. The van der Waals surface area contributed by atoms with Crippen LogP contribution in [0.4, 0.5) is 0 Å². The minimum Gasteiger partial charge on any atom is -0.466 e. The van der Waals surface area contributed by atoms with Gasteiger partial charge in [0.25, 0.3) is 0 Å². The fourth-order valence-corrected chi connectivity index (χ4v) is 9.50. The number of carbonyl (C=O) groups excluding carboxylic acids is 2. The number of rotatable bonds is 57. The van der Waals surface area contributed by atoms with E-state index in [9.17, 15) is 19.8 Å². The first-order valence-corrected chi connectivity index (χ1v) is 30.6. The van der Waals surface area contributed by atoms with Crippen LogP contribution in [-0.2, 0) is 14.3 Å². The van der Waals surface area contributed by atoms with Crippen LogP contribution in [0.15, 0.2) is 24.3 Å². The number of carbonyl (C=O) groups is 2. The van der Waals surface area contributed by atoms with Crippen molar-refractivity contribution in [3.63, 3.8) is 0 Å². The van der Waals surface area contributed by atoms with E-state index in [4.69, 9.17) is 4.74 Å². The largest absolute Gasteiger partial charge is 0.466 e. The molecule has 0 heterocycles. The summed E-state index contributed by atoms with van der Waals surface area (Å²) in [6.45, 7) is 4.88. The second-order valence-corrected chi connectivity index (χ2v) is 21.0. The lowest BCUT2D eigenvalue weighted by molar-refractivity contribution is -0.143. The number of aliphatic hydroxyl groups excluding tert-OH is 2. The zero-order valence-corrected chi connectivity index (χ0v) is 45.9. The van der Waals surface area contributed by atoms with Crippen molar-refractivity contribution in [1.29, 1.82) is 0 Å². The monoisotopic (exact) mass is 958 g/mol. The van der Waals surface area contributed by atoms with E-state index in [-0.39, 0.29) is 18.5 Å². The minimum atomic E-state index is -0.847. The number of amides is 1. The van der Waals surface area contributed by atoms with Gasteiger partial charge in [0, 0.05) is 12.8 Å². The molecule has 0 fully saturated rings. The van der Waals surface area contributed by atoms with Gasteiger partial charge in [-0.3, -0.25) is 9.59 Å². The number of allylic oxidation sites excluding steroid dienone is 3. The number of aliphatic hydroxyl groups is 2. The summed E-state index contributed by atoms with van der Waals surface area (Å²) in [5, 5.41) is 23.2. The van der Waals surface area contributed by atoms with Gasteiger partial charge in [0.2, 0.25) is 5.91 Å². The van der Waals surface area contributed by atoms with Crippen molar-refractivity contribution < 1.29 is 24.5 Å². The predicted molar refractivity (Wildman–Crippen MR) is 296 cm³/mol. The van der Waals surface area contributed by atoms with Crippen molar-refractivity contribution in [2.45, 2.75) is 347 Å². The first-order valence-electron chi connectivity index (χ1n) is 30.6. The molecule has 1 amide bonds. The minimum absolute atomic E-state index is 0.00241. The number of esters is 1. The maximum absolute atomic E-state index is 12.5. The SMILES string of the molecule is CCCC/C=C\CCCCCCCC(=O)OCCCCCCCCCCCCCCCCCCCCCC(=O)NC(CO)C(O)/C=C/CCCCCCCCCCCCCCCCCCCCC. The molecule has 6 nitrogen and oxygen atoms in total. The van der Waals surface area contributed by atoms with Crippen LogP contribution >= 0.6 is 0 Å². The molecule has 0 aromatic rings. The average molecular weight is 959 g/mol. The molecule has 0 aliphatic rings. The fraction of sp³-hybridized carbons (Fsp3) is 0.903. The Morgan fingerprint density at radius 1 is 0.397 bits per heavy atom. The quantitative estimate of drug-likeness (QED) is 0.0321. The van der Waals surface area contributed by atoms with Gasteiger partial charge in [0.15, 0.2) is 0 Å². The summed E-state index contributed by atoms with van der Waals surface area (Å²) in [5.41, 5.74) is 0. The Morgan fingerprint density at radius 2 is 0.706 bits per heavy atom. The van der Waals surface area contributed by atoms with E-state index in [1.165, 1.54) is 263 Å². The molecular formula is C62H119NO5. The summed E-state index contributed by atoms with van der Waals surface area (Å²) in [4.78, 5) is 24.5. The molecular weight excluding hydrogens is 839 g/mol. The third-order valence-corrected chi connectivity index (χ3v) is 14.2. The van der Waals surface area contributed by atoms with Gasteiger partial charge >= 0.3 is 5.97 Å². The van der Waals surface area contributed by atoms with Crippen LogP contribution in [-0.4, -0.2) is 47.4 Å². The van der Waals surface area contributed by atoms with Crippen molar-refractivity contribution in [2.75, 3.05) is 13.2 Å². The molecule has 0 aliphatic heterocycles. The molecule has 0 saturated carbocycles. The van der Waals surface area contributed by atoms with E-state index >= 15 is 0 Å². The number of hydrogen-bond acceptors (Lipinski definition) is 5. The highest BCUT2D eigenvalue weighted by molar-refractivity contribution is 5.76. The van der Waals surface area contributed by atoms with Crippen LogP contribution in [0.2, 0.25) is 0 Å². The molecule has 6 heteroatoms. The maximum atomic E-state index is 12.5. The van der Waals surface area contributed by atoms with Gasteiger partial charge in [-0.25, -0.2) is 0 Å². The normalized spacial score (nSPS) is 12.7. The van der Waals surface area contributed by atoms with Crippen LogP contribution in [0.1, 0.15) is 335 Å². The number of ether oxygens (including phenoxy) is 1. The molecule has 0 bridgehead atoms. The van der Waals surface area contributed by atoms with Crippen LogP contribution in [0.3, 0.4) is 0 Å². The van der Waals surface area contributed by atoms with Crippen molar-refractivity contribution in [3.8, 4) is 0 Å². The number of unbranched alkanes of at least 4 members (excludes halogenated alkanes) is 44. The van der Waals surface area contributed by atoms with Gasteiger partial charge in [-0.15, -0.1) is 0 Å². The molecule has 0 aromatic heterocycles. The predicted octanol–water partition coefficient (Wildman–Crippen LogP) is 19.0. The van der Waals surface area contributed by atoms with Crippen molar-refractivity contribution in [3.05, 3.63) is 24.3 Å². The molecule has 68 heavy (non-hydrogen) atoms. The number of nitrogens with one attached hydrogen (secondary N) is 1. The van der Waals surface area contributed by atoms with Crippen LogP contribution in [0, 0.1) is 0 Å². The second kappa shape index (κ2) is 57.9. The molecule has 402 valence electrons. The highest BCUT2D eigenvalue weighted by Crippen LogP contribution is 2.18. The zero-order chi connectivity index (χ0) is 49.3. The number of hydrogen-bond donors (Lipinski definition) is 3. The highest BCUT2D eigenvalue weighted by atomic mass is 16.5. The van der Waals surface area contributed by atoms with Crippen molar-refractivity contribution in [2.24, 2.45) is 0 Å². The molecule has 0 aromatic carbocycles. The van der Waals surface area contributed by atoms with E-state index in [0.29, 0.717) is 19.4 Å². The van der Waals surface area contributed by atoms with Gasteiger partial charge in [0.1, 0.15) is 0 Å². The van der Waals surface area contributed by atoms with E-state index in [0.717, 1.165) is 44.9 Å². The van der Waals surface area contributed by atoms with Crippen molar-refractivity contribution in [1.82, 2.24) is 5.32 Å². The molecule has 0 rings (SSSR count). The van der Waals surface area contributed by atoms with Crippen LogP contribution in [0.25, 0.3) is 0 Å². The van der Waals surface area contributed by atoms with E-state index < -0.39 is 12.1 Å². The van der Waals surface area contributed by atoms with Gasteiger partial charge in [0.05, 0.1) is 25.4 Å². The Bertz CT molecular complexity index is 1060. The van der Waals surface area contributed by atoms with Crippen LogP contribution in [0.5, 0.6) is 0 Å². The van der Waals surface area contributed by atoms with Gasteiger partial charge in [-0.1, -0.05) is 295 Å². The topological polar surface area (TPSA) is 95.9 Å². The van der Waals surface area contributed by atoms with Crippen LogP contribution < -0.4 is 5.32 Å². The standard InChI is InChI=1S/C62H119NO5/c1-3-5-7-9-11-13-15-16-17-18-19-20-22-25-28-31-35-38-42-46-50-54-60(65)59(58-64)63-61(66)55-51-47-43-39-36-32-29-26-23-21-24-27-30-33-37-41-45-49-53-57-68-62(67)56-52-48-44-40-34-14-12-10-8-6-4-2/h10,12,50,54,59-60,64-65H,3-9,11,13-49,51-53,55-58H2,1-2H3,(H,63,66)/b12-10-,54-50+. The van der Waals surface area contributed by atoms with E-state index in [1.54, 1.807) is 6.08 Å². The molecule has 0 saturated heterocycles. The lowest BCUT2D eigenvalue weighted by atomic mass is 10.0. The summed E-state index contributed by atoms with van der Waals surface area (Å²) in [7, 11) is 0. The Hall–Kier alpha value is -1.66.